The van der Waals surface area contributed by atoms with Gasteiger partial charge in [-0.2, -0.15) is 0 Å². The molecule has 6 atom stereocenters. The Balaban J connectivity index is 1.43. The molecule has 4 aliphatic heterocycles. The first-order chi connectivity index (χ1) is 19.2. The van der Waals surface area contributed by atoms with E-state index < -0.39 is 35.6 Å². The lowest BCUT2D eigenvalue weighted by Gasteiger charge is -2.59. The third kappa shape index (κ3) is 2.89. The van der Waals surface area contributed by atoms with Crippen molar-refractivity contribution in [2.75, 3.05) is 0 Å². The smallest absolute Gasteiger partial charge is 0.257 e. The molecular formula is C30H22O10. The molecule has 4 heterocycles. The van der Waals surface area contributed by atoms with E-state index in [1.54, 1.807) is 24.3 Å². The van der Waals surface area contributed by atoms with Crippen LogP contribution in [0, 0.1) is 0 Å². The summed E-state index contributed by atoms with van der Waals surface area (Å²) in [5.74, 6) is -6.04. The number of phenols is 4. The van der Waals surface area contributed by atoms with Crippen LogP contribution >= 0.6 is 0 Å². The maximum atomic E-state index is 12.5. The summed E-state index contributed by atoms with van der Waals surface area (Å²) < 4.78 is 25.1. The third-order valence-corrected chi connectivity index (χ3v) is 8.20. The molecule has 0 fully saturated rings. The molecule has 0 aromatic heterocycles. The predicted molar refractivity (Wildman–Crippen MR) is 136 cm³/mol. The van der Waals surface area contributed by atoms with Crippen LogP contribution in [0.4, 0.5) is 0 Å². The molecule has 8 rings (SSSR count). The fraction of sp³-hybridized carbons (Fsp3) is 0.200. The van der Waals surface area contributed by atoms with Gasteiger partial charge in [-0.1, -0.05) is 24.3 Å². The Morgan fingerprint density at radius 2 is 0.825 bits per heavy atom. The van der Waals surface area contributed by atoms with Gasteiger partial charge in [0.15, 0.2) is 12.2 Å². The van der Waals surface area contributed by atoms with Crippen LogP contribution in [-0.4, -0.2) is 42.2 Å². The number of phenolic OH excluding ortho intramolecular Hbond substituents is 4. The van der Waals surface area contributed by atoms with Gasteiger partial charge in [-0.3, -0.25) is 0 Å². The molecule has 6 unspecified atom stereocenters. The third-order valence-electron chi connectivity index (χ3n) is 8.20. The zero-order valence-corrected chi connectivity index (χ0v) is 20.6. The minimum absolute atomic E-state index is 0.0120. The van der Waals surface area contributed by atoms with Crippen LogP contribution in [0.15, 0.2) is 72.8 Å². The van der Waals surface area contributed by atoms with Crippen LogP contribution in [0.1, 0.15) is 46.3 Å². The summed E-state index contributed by atoms with van der Waals surface area (Å²) in [6, 6.07) is 17.6. The normalized spacial score (nSPS) is 30.1. The van der Waals surface area contributed by atoms with E-state index in [0.717, 1.165) is 0 Å². The molecule has 0 saturated heterocycles. The van der Waals surface area contributed by atoms with Crippen LogP contribution in [0.2, 0.25) is 0 Å². The quantitative estimate of drug-likeness (QED) is 0.220. The molecule has 40 heavy (non-hydrogen) atoms. The van der Waals surface area contributed by atoms with Crippen LogP contribution in [0.25, 0.3) is 0 Å². The lowest BCUT2D eigenvalue weighted by Crippen LogP contribution is -2.65. The average Bonchev–Trinajstić information content (AvgIpc) is 2.90. The molecule has 0 amide bonds. The van der Waals surface area contributed by atoms with Gasteiger partial charge in [0, 0.05) is 35.4 Å². The first-order valence-corrected chi connectivity index (χ1v) is 12.6. The lowest BCUT2D eigenvalue weighted by molar-refractivity contribution is -0.296. The van der Waals surface area contributed by atoms with Crippen molar-refractivity contribution in [2.45, 2.75) is 35.6 Å². The van der Waals surface area contributed by atoms with E-state index in [4.69, 9.17) is 18.9 Å². The summed E-state index contributed by atoms with van der Waals surface area (Å²) >= 11 is 0. The summed E-state index contributed by atoms with van der Waals surface area (Å²) in [5.41, 5.74) is 1.69. The number of hydrogen-bond donors (Lipinski definition) is 6. The lowest BCUT2D eigenvalue weighted by atomic mass is 9.62. The molecule has 4 aromatic carbocycles. The highest BCUT2D eigenvalue weighted by Crippen LogP contribution is 2.70. The topological polar surface area (TPSA) is 158 Å². The first kappa shape index (κ1) is 23.1. The minimum Gasteiger partial charge on any atom is -0.508 e. The van der Waals surface area contributed by atoms with Crippen molar-refractivity contribution in [1.29, 1.82) is 0 Å². The molecule has 0 bridgehead atoms. The van der Waals surface area contributed by atoms with E-state index in [2.05, 4.69) is 0 Å². The van der Waals surface area contributed by atoms with E-state index in [1.165, 1.54) is 48.5 Å². The molecule has 0 radical (unpaired) electrons. The van der Waals surface area contributed by atoms with E-state index >= 15 is 0 Å². The second-order valence-electron chi connectivity index (χ2n) is 10.6. The highest BCUT2D eigenvalue weighted by atomic mass is 16.7. The zero-order valence-electron chi connectivity index (χ0n) is 20.6. The van der Waals surface area contributed by atoms with Gasteiger partial charge in [-0.25, -0.2) is 0 Å². The number of rotatable bonds is 2. The van der Waals surface area contributed by atoms with Crippen molar-refractivity contribution in [3.05, 3.63) is 95.1 Å². The van der Waals surface area contributed by atoms with Crippen molar-refractivity contribution in [3.8, 4) is 46.0 Å². The van der Waals surface area contributed by atoms with Crippen LogP contribution in [0.5, 0.6) is 46.0 Å². The fourth-order valence-electron chi connectivity index (χ4n) is 6.62. The average molecular weight is 542 g/mol. The van der Waals surface area contributed by atoms with Gasteiger partial charge >= 0.3 is 0 Å². The van der Waals surface area contributed by atoms with E-state index in [-0.39, 0.29) is 46.0 Å². The van der Waals surface area contributed by atoms with Crippen molar-refractivity contribution < 1.29 is 49.6 Å². The molecule has 4 aliphatic rings. The van der Waals surface area contributed by atoms with Crippen LogP contribution < -0.4 is 18.9 Å². The number of benzene rings is 4. The highest BCUT2D eigenvalue weighted by Gasteiger charge is 2.71. The Kier molecular flexibility index (Phi) is 4.30. The second-order valence-corrected chi connectivity index (χ2v) is 10.6. The SMILES string of the molecule is Oc1ccc(C2Oc3cc(O)cc4c3C3C5c6c(cc(O)cc6OC23O)OC(c2ccc(O)cc2)C5(O)O4)cc1. The molecule has 0 saturated carbocycles. The maximum absolute atomic E-state index is 12.5. The Bertz CT molecular complexity index is 1570. The maximum Gasteiger partial charge on any atom is 0.257 e. The number of aromatic hydroxyl groups is 4. The van der Waals surface area contributed by atoms with E-state index in [1.807, 2.05) is 0 Å². The Labute approximate surface area is 226 Å². The van der Waals surface area contributed by atoms with Gasteiger partial charge in [0.1, 0.15) is 46.0 Å². The van der Waals surface area contributed by atoms with Gasteiger partial charge in [-0.15, -0.1) is 0 Å². The Morgan fingerprint density at radius 3 is 1.20 bits per heavy atom. The second kappa shape index (κ2) is 7.44. The molecule has 10 heteroatoms. The van der Waals surface area contributed by atoms with Gasteiger partial charge < -0.3 is 49.6 Å². The van der Waals surface area contributed by atoms with Gasteiger partial charge in [0.05, 0.1) is 11.8 Å². The van der Waals surface area contributed by atoms with E-state index in [9.17, 15) is 30.6 Å². The van der Waals surface area contributed by atoms with Crippen molar-refractivity contribution in [2.24, 2.45) is 0 Å². The molecule has 10 nitrogen and oxygen atoms in total. The van der Waals surface area contributed by atoms with Gasteiger partial charge in [0.2, 0.25) is 0 Å². The number of hydrogen-bond acceptors (Lipinski definition) is 10. The molecule has 4 aromatic rings. The van der Waals surface area contributed by atoms with Crippen molar-refractivity contribution >= 4 is 0 Å². The van der Waals surface area contributed by atoms with Crippen LogP contribution in [-0.2, 0) is 0 Å². The predicted octanol–water partition coefficient (Wildman–Crippen LogP) is 3.81. The number of ether oxygens (including phenoxy) is 4. The molecular weight excluding hydrogens is 520 g/mol. The summed E-state index contributed by atoms with van der Waals surface area (Å²) in [6.45, 7) is 0. The van der Waals surface area contributed by atoms with E-state index in [0.29, 0.717) is 22.3 Å². The van der Waals surface area contributed by atoms with Crippen molar-refractivity contribution in [1.82, 2.24) is 0 Å². The monoisotopic (exact) mass is 542 g/mol. The van der Waals surface area contributed by atoms with Crippen molar-refractivity contribution in [3.63, 3.8) is 0 Å². The summed E-state index contributed by atoms with van der Waals surface area (Å²) in [5, 5.41) is 65.9. The Hall–Kier alpha value is -4.80. The minimum atomic E-state index is -2.15. The zero-order chi connectivity index (χ0) is 27.6. The molecule has 0 aliphatic carbocycles. The molecule has 202 valence electrons. The number of aliphatic hydroxyl groups is 2. The highest BCUT2D eigenvalue weighted by molar-refractivity contribution is 5.65. The van der Waals surface area contributed by atoms with Crippen LogP contribution in [0.3, 0.4) is 0 Å². The summed E-state index contributed by atoms with van der Waals surface area (Å²) in [4.78, 5) is 0. The largest absolute Gasteiger partial charge is 0.508 e. The summed E-state index contributed by atoms with van der Waals surface area (Å²) in [7, 11) is 0. The summed E-state index contributed by atoms with van der Waals surface area (Å²) in [6.07, 6.45) is -2.37. The molecule has 6 N–H and O–H groups in total. The fourth-order valence-corrected chi connectivity index (χ4v) is 6.62. The standard InChI is InChI=1S/C30H22O10/c31-15-5-1-13(2-6-15)27-29(35)25-23-19(37-27)9-17(33)12-22(23)40-30(36)26(25)24-20(10-18(34)11-21(24)39-29)38-28(30)14-3-7-16(32)8-4-14/h1-12,25-28,31-36H. The Morgan fingerprint density at radius 1 is 0.475 bits per heavy atom. The first-order valence-electron chi connectivity index (χ1n) is 12.6. The van der Waals surface area contributed by atoms with Gasteiger partial charge in [-0.05, 0) is 35.4 Å². The van der Waals surface area contributed by atoms with Gasteiger partial charge in [0.25, 0.3) is 11.6 Å². The molecule has 0 spiro atoms.